The Morgan fingerprint density at radius 2 is 0.794 bits per heavy atom. The molecule has 5 aromatic carbocycles. The predicted molar refractivity (Wildman–Crippen MR) is 263 cm³/mol. The minimum atomic E-state index is 0.00846. The van der Waals surface area contributed by atoms with Crippen molar-refractivity contribution in [1.29, 1.82) is 0 Å². The van der Waals surface area contributed by atoms with Crippen LogP contribution in [0.4, 0.5) is 0 Å². The number of nitrogens with zero attached hydrogens (tertiary/aromatic N) is 5. The maximum Gasteiger partial charge on any atom is 0.237 e. The quantitative estimate of drug-likeness (QED) is 0.173. The average Bonchev–Trinajstić information content (AvgIpc) is 3.96. The molecule has 63 heavy (non-hydrogen) atoms. The van der Waals surface area contributed by atoms with Gasteiger partial charge in [0.25, 0.3) is 0 Å². The zero-order valence-electron chi connectivity index (χ0n) is 38.8. The van der Waals surface area contributed by atoms with E-state index < -0.39 is 0 Å². The highest BCUT2D eigenvalue weighted by Crippen LogP contribution is 2.42. The highest BCUT2D eigenvalue weighted by atomic mass is 16.4. The summed E-state index contributed by atoms with van der Waals surface area (Å²) in [7, 11) is 0. The van der Waals surface area contributed by atoms with Gasteiger partial charge in [-0.15, -0.1) is 0 Å². The molecule has 0 spiro atoms. The summed E-state index contributed by atoms with van der Waals surface area (Å²) in [6.45, 7) is 29.3. The highest BCUT2D eigenvalue weighted by Gasteiger charge is 2.26. The first-order chi connectivity index (χ1) is 29.6. The Balaban J connectivity index is 1.06. The monoisotopic (exact) mass is 829 g/mol. The molecule has 0 amide bonds. The number of aromatic nitrogens is 5. The summed E-state index contributed by atoms with van der Waals surface area (Å²) in [5.74, 6) is 1.39. The third kappa shape index (κ3) is 5.95. The lowest BCUT2D eigenvalue weighted by Gasteiger charge is -2.19. The van der Waals surface area contributed by atoms with Gasteiger partial charge in [-0.3, -0.25) is 9.13 Å². The molecule has 11 rings (SSSR count). The lowest BCUT2D eigenvalue weighted by atomic mass is 9.85. The van der Waals surface area contributed by atoms with Crippen molar-refractivity contribution < 1.29 is 8.83 Å². The molecule has 11 aromatic rings. The number of hydrogen-bond acceptors (Lipinski definition) is 5. The van der Waals surface area contributed by atoms with Crippen LogP contribution >= 0.6 is 0 Å². The maximum absolute atomic E-state index is 6.70. The molecule has 0 bridgehead atoms. The minimum absolute atomic E-state index is 0.00846. The summed E-state index contributed by atoms with van der Waals surface area (Å²) in [6, 6.07) is 33.8. The molecular weight excluding hydrogens is 775 g/mol. The minimum Gasteiger partial charge on any atom is -0.437 e. The Morgan fingerprint density at radius 1 is 0.397 bits per heavy atom. The fraction of sp³-hybridized carbons (Fsp3) is 0.304. The summed E-state index contributed by atoms with van der Waals surface area (Å²) in [4.78, 5) is 15.4. The van der Waals surface area contributed by atoms with Gasteiger partial charge in [0.2, 0.25) is 17.4 Å². The van der Waals surface area contributed by atoms with E-state index in [1.807, 2.05) is 6.20 Å². The third-order valence-electron chi connectivity index (χ3n) is 13.4. The Bertz CT molecular complexity index is 3340. The van der Waals surface area contributed by atoms with Crippen LogP contribution in [0, 0.1) is 6.92 Å². The van der Waals surface area contributed by atoms with Gasteiger partial charge >= 0.3 is 0 Å². The number of furan rings is 2. The molecule has 0 unspecified atom stereocenters. The second-order valence-corrected chi connectivity index (χ2v) is 22.0. The average molecular weight is 830 g/mol. The van der Waals surface area contributed by atoms with Crippen molar-refractivity contribution in [3.05, 3.63) is 125 Å². The van der Waals surface area contributed by atoms with E-state index in [4.69, 9.17) is 23.8 Å². The second kappa shape index (κ2) is 12.8. The van der Waals surface area contributed by atoms with Crippen molar-refractivity contribution in [2.75, 3.05) is 0 Å². The van der Waals surface area contributed by atoms with Gasteiger partial charge in [0.1, 0.15) is 17.0 Å². The SMILES string of the molecule is Cc1c2oc3nc(-n4c5ccc(C(C)(C)C)cc5c5cc(C(C)(C)C)ccc54)ccc3c2cc2c1oc1nc(-n3c4ccc(C(C)(C)C)cc4c4cc(C(C)(C)C)ccc43)ncc12. The largest absolute Gasteiger partial charge is 0.437 e. The van der Waals surface area contributed by atoms with Crippen molar-refractivity contribution in [3.63, 3.8) is 0 Å². The normalized spacial score (nSPS) is 13.5. The maximum atomic E-state index is 6.70. The summed E-state index contributed by atoms with van der Waals surface area (Å²) in [5, 5.41) is 8.59. The van der Waals surface area contributed by atoms with E-state index in [0.29, 0.717) is 17.4 Å². The first kappa shape index (κ1) is 39.4. The Morgan fingerprint density at radius 3 is 1.22 bits per heavy atom. The second-order valence-electron chi connectivity index (χ2n) is 22.0. The number of rotatable bonds is 2. The number of hydrogen-bond donors (Lipinski definition) is 0. The number of benzene rings is 5. The van der Waals surface area contributed by atoms with Crippen molar-refractivity contribution in [1.82, 2.24) is 24.1 Å². The number of pyridine rings is 1. The Kier molecular flexibility index (Phi) is 8.01. The molecule has 0 N–H and O–H groups in total. The van der Waals surface area contributed by atoms with Crippen LogP contribution in [0.2, 0.25) is 0 Å². The van der Waals surface area contributed by atoms with Crippen molar-refractivity contribution in [3.8, 4) is 11.8 Å². The zero-order chi connectivity index (χ0) is 44.3. The van der Waals surface area contributed by atoms with Gasteiger partial charge in [-0.1, -0.05) is 107 Å². The molecule has 0 saturated carbocycles. The highest BCUT2D eigenvalue weighted by molar-refractivity contribution is 6.16. The van der Waals surface area contributed by atoms with Crippen LogP contribution in [0.1, 0.15) is 111 Å². The Labute approximate surface area is 367 Å². The molecule has 7 heteroatoms. The van der Waals surface area contributed by atoms with Gasteiger partial charge in [0.15, 0.2) is 0 Å². The molecule has 0 fully saturated rings. The fourth-order valence-corrected chi connectivity index (χ4v) is 9.58. The van der Waals surface area contributed by atoms with E-state index in [1.165, 1.54) is 43.8 Å². The molecule has 6 heterocycles. The first-order valence-electron chi connectivity index (χ1n) is 22.3. The topological polar surface area (TPSA) is 74.8 Å². The molecule has 0 saturated heterocycles. The number of aryl methyl sites for hydroxylation is 1. The predicted octanol–water partition coefficient (Wildman–Crippen LogP) is 15.4. The molecule has 0 aliphatic heterocycles. The summed E-state index contributed by atoms with van der Waals surface area (Å²) in [5.41, 5.74) is 13.2. The molecule has 7 nitrogen and oxygen atoms in total. The van der Waals surface area contributed by atoms with Crippen LogP contribution in [-0.2, 0) is 21.7 Å². The van der Waals surface area contributed by atoms with Crippen LogP contribution in [0.15, 0.2) is 106 Å². The first-order valence-corrected chi connectivity index (χ1v) is 22.3. The molecule has 316 valence electrons. The van der Waals surface area contributed by atoms with E-state index in [9.17, 15) is 0 Å². The summed E-state index contributed by atoms with van der Waals surface area (Å²) >= 11 is 0. The van der Waals surface area contributed by atoms with E-state index in [-0.39, 0.29) is 21.7 Å². The zero-order valence-corrected chi connectivity index (χ0v) is 38.8. The van der Waals surface area contributed by atoms with E-state index in [1.54, 1.807) is 0 Å². The van der Waals surface area contributed by atoms with Crippen LogP contribution < -0.4 is 0 Å². The molecular formula is C56H55N5O2. The van der Waals surface area contributed by atoms with Gasteiger partial charge in [-0.25, -0.2) is 4.98 Å². The molecule has 0 aliphatic rings. The Hall–Kier alpha value is -6.47. The molecule has 0 atom stereocenters. The van der Waals surface area contributed by atoms with Crippen LogP contribution in [0.3, 0.4) is 0 Å². The lowest BCUT2D eigenvalue weighted by Crippen LogP contribution is -2.10. The molecule has 0 radical (unpaired) electrons. The summed E-state index contributed by atoms with van der Waals surface area (Å²) in [6.07, 6.45) is 1.91. The van der Waals surface area contributed by atoms with Gasteiger partial charge in [-0.2, -0.15) is 9.97 Å². The fourth-order valence-electron chi connectivity index (χ4n) is 9.58. The smallest absolute Gasteiger partial charge is 0.237 e. The van der Waals surface area contributed by atoms with Crippen molar-refractivity contribution in [2.24, 2.45) is 0 Å². The van der Waals surface area contributed by atoms with E-state index in [0.717, 1.165) is 66.2 Å². The van der Waals surface area contributed by atoms with Gasteiger partial charge < -0.3 is 8.83 Å². The van der Waals surface area contributed by atoms with Crippen molar-refractivity contribution in [2.45, 2.75) is 112 Å². The van der Waals surface area contributed by atoms with Crippen LogP contribution in [-0.4, -0.2) is 24.1 Å². The van der Waals surface area contributed by atoms with Crippen LogP contribution in [0.5, 0.6) is 0 Å². The van der Waals surface area contributed by atoms with Gasteiger partial charge in [0, 0.05) is 49.5 Å². The van der Waals surface area contributed by atoms with E-state index >= 15 is 0 Å². The van der Waals surface area contributed by atoms with Gasteiger partial charge in [0.05, 0.1) is 27.5 Å². The standard InChI is InChI=1S/C56H55N5O2/c1-30-48-40(35-18-23-47(58-50(35)62-48)60-43-19-14-31(53(2,3)4)24-36(43)37-25-32(54(5,6)7)15-20-44(37)60)28-41-42-29-57-52(59-51(42)63-49(30)41)61-45-21-16-33(55(8,9)10)26-38(45)39-27-34(56(11,12)13)17-22-46(39)61/h14-29H,1-13H3. The number of fused-ring (bicyclic) bond motifs is 12. The summed E-state index contributed by atoms with van der Waals surface area (Å²) < 4.78 is 17.8. The van der Waals surface area contributed by atoms with Crippen LogP contribution in [0.25, 0.3) is 99.5 Å². The van der Waals surface area contributed by atoms with E-state index in [2.05, 4.69) is 190 Å². The van der Waals surface area contributed by atoms with Gasteiger partial charge in [-0.05, 0) is 118 Å². The molecule has 6 aromatic heterocycles. The lowest BCUT2D eigenvalue weighted by molar-refractivity contribution is 0.590. The molecule has 0 aliphatic carbocycles. The van der Waals surface area contributed by atoms with Crippen molar-refractivity contribution >= 4 is 87.7 Å². The third-order valence-corrected chi connectivity index (χ3v) is 13.4.